The first-order chi connectivity index (χ1) is 11.9. The number of ether oxygens (including phenoxy) is 2. The van der Waals surface area contributed by atoms with Gasteiger partial charge in [-0.15, -0.1) is 0 Å². The van der Waals surface area contributed by atoms with E-state index in [4.69, 9.17) is 19.3 Å². The van der Waals surface area contributed by atoms with Crippen LogP contribution in [0.1, 0.15) is 0 Å². The second-order valence-corrected chi connectivity index (χ2v) is 6.77. The van der Waals surface area contributed by atoms with E-state index in [1.54, 1.807) is 38.5 Å². The Kier molecular flexibility index (Phi) is 4.59. The van der Waals surface area contributed by atoms with Gasteiger partial charge in [0.2, 0.25) is 0 Å². The molecule has 0 radical (unpaired) electrons. The fraction of sp³-hybridized carbons (Fsp3) is 0.125. The quantitative estimate of drug-likeness (QED) is 0.593. The second-order valence-electron chi connectivity index (χ2n) is 5.16. The van der Waals surface area contributed by atoms with Gasteiger partial charge in [-0.25, -0.2) is 9.97 Å². The highest BCUT2D eigenvalue weighted by Crippen LogP contribution is 2.35. The molecular weight excluding hydrogens is 345 g/mol. The Bertz CT molecular complexity index is 956. The van der Waals surface area contributed by atoms with Crippen molar-refractivity contribution >= 4 is 35.3 Å². The Morgan fingerprint density at radius 1 is 1.04 bits per heavy atom. The van der Waals surface area contributed by atoms with Gasteiger partial charge >= 0.3 is 7.60 Å². The van der Waals surface area contributed by atoms with Gasteiger partial charge in [0.15, 0.2) is 0 Å². The number of aromatic nitrogens is 2. The first kappa shape index (κ1) is 17.2. The summed E-state index contributed by atoms with van der Waals surface area (Å²) in [6.07, 6.45) is 1.41. The third-order valence-electron chi connectivity index (χ3n) is 3.60. The predicted octanol–water partition coefficient (Wildman–Crippen LogP) is 2.19. The first-order valence-corrected chi connectivity index (χ1v) is 8.83. The molecule has 0 aliphatic rings. The summed E-state index contributed by atoms with van der Waals surface area (Å²) in [6, 6.07) is 9.39. The van der Waals surface area contributed by atoms with Crippen LogP contribution in [-0.2, 0) is 4.57 Å². The Labute approximate surface area is 143 Å². The van der Waals surface area contributed by atoms with Crippen LogP contribution in [0, 0.1) is 0 Å². The molecule has 8 nitrogen and oxygen atoms in total. The molecule has 0 unspecified atom stereocenters. The predicted molar refractivity (Wildman–Crippen MR) is 94.0 cm³/mol. The zero-order valence-electron chi connectivity index (χ0n) is 13.5. The highest BCUT2D eigenvalue weighted by molar-refractivity contribution is 7.60. The van der Waals surface area contributed by atoms with Crippen molar-refractivity contribution in [1.82, 2.24) is 9.97 Å². The van der Waals surface area contributed by atoms with Gasteiger partial charge in [-0.05, 0) is 30.3 Å². The maximum Gasteiger partial charge on any atom is 0.356 e. The molecule has 25 heavy (non-hydrogen) atoms. The van der Waals surface area contributed by atoms with Crippen LogP contribution in [0.3, 0.4) is 0 Å². The van der Waals surface area contributed by atoms with Gasteiger partial charge in [0, 0.05) is 11.8 Å². The average Bonchev–Trinajstić information content (AvgIpc) is 2.61. The molecule has 0 saturated carbocycles. The third kappa shape index (κ3) is 3.56. The summed E-state index contributed by atoms with van der Waals surface area (Å²) < 4.78 is 21.9. The molecule has 0 aliphatic heterocycles. The molecule has 0 bridgehead atoms. The number of fused-ring (bicyclic) bond motifs is 1. The molecule has 1 aromatic heterocycles. The van der Waals surface area contributed by atoms with E-state index in [-0.39, 0.29) is 5.30 Å². The van der Waals surface area contributed by atoms with E-state index in [1.807, 2.05) is 0 Å². The molecule has 2 aromatic carbocycles. The van der Waals surface area contributed by atoms with Crippen LogP contribution in [0.4, 0.5) is 11.5 Å². The number of hydrogen-bond acceptors (Lipinski definition) is 6. The summed E-state index contributed by atoms with van der Waals surface area (Å²) in [5.74, 6) is 1.67. The SMILES string of the molecule is COc1cc(OC)c2ncnc(Nc3ccc(P(=O)(O)O)cc3)c2c1. The lowest BCUT2D eigenvalue weighted by Crippen LogP contribution is -2.04. The molecule has 9 heteroatoms. The van der Waals surface area contributed by atoms with E-state index in [2.05, 4.69) is 15.3 Å². The Morgan fingerprint density at radius 2 is 1.76 bits per heavy atom. The monoisotopic (exact) mass is 361 g/mol. The van der Waals surface area contributed by atoms with Crippen LogP contribution in [-0.4, -0.2) is 34.0 Å². The number of anilines is 2. The molecule has 3 rings (SSSR count). The van der Waals surface area contributed by atoms with Crippen molar-refractivity contribution in [3.05, 3.63) is 42.7 Å². The van der Waals surface area contributed by atoms with E-state index < -0.39 is 7.60 Å². The fourth-order valence-corrected chi connectivity index (χ4v) is 2.90. The average molecular weight is 361 g/mol. The van der Waals surface area contributed by atoms with Gasteiger partial charge in [0.25, 0.3) is 0 Å². The zero-order valence-corrected chi connectivity index (χ0v) is 14.4. The summed E-state index contributed by atoms with van der Waals surface area (Å²) in [7, 11) is -1.17. The molecule has 3 aromatic rings. The molecule has 1 heterocycles. The van der Waals surface area contributed by atoms with E-state index in [9.17, 15) is 4.57 Å². The van der Waals surface area contributed by atoms with Crippen LogP contribution >= 0.6 is 7.60 Å². The number of nitrogens with one attached hydrogen (secondary N) is 1. The lowest BCUT2D eigenvalue weighted by atomic mass is 10.2. The molecule has 130 valence electrons. The first-order valence-electron chi connectivity index (χ1n) is 7.22. The highest BCUT2D eigenvalue weighted by Gasteiger charge is 2.16. The van der Waals surface area contributed by atoms with E-state index in [1.165, 1.54) is 18.5 Å². The number of hydrogen-bond donors (Lipinski definition) is 3. The summed E-state index contributed by atoms with van der Waals surface area (Å²) in [5.41, 5.74) is 1.24. The van der Waals surface area contributed by atoms with Crippen LogP contribution in [0.5, 0.6) is 11.5 Å². The molecule has 0 amide bonds. The van der Waals surface area contributed by atoms with Crippen LogP contribution in [0.15, 0.2) is 42.7 Å². The van der Waals surface area contributed by atoms with Gasteiger partial charge in [-0.2, -0.15) is 0 Å². The Morgan fingerprint density at radius 3 is 2.36 bits per heavy atom. The number of nitrogens with zero attached hydrogens (tertiary/aromatic N) is 2. The van der Waals surface area contributed by atoms with Crippen LogP contribution < -0.4 is 20.1 Å². The second kappa shape index (κ2) is 6.68. The fourth-order valence-electron chi connectivity index (χ4n) is 2.36. The minimum atomic E-state index is -4.27. The normalized spacial score (nSPS) is 11.4. The van der Waals surface area contributed by atoms with Crippen molar-refractivity contribution in [2.45, 2.75) is 0 Å². The van der Waals surface area contributed by atoms with E-state index >= 15 is 0 Å². The van der Waals surface area contributed by atoms with Crippen molar-refractivity contribution < 1.29 is 23.8 Å². The van der Waals surface area contributed by atoms with Crippen molar-refractivity contribution in [3.63, 3.8) is 0 Å². The molecule has 0 spiro atoms. The van der Waals surface area contributed by atoms with Gasteiger partial charge in [0.1, 0.15) is 29.2 Å². The maximum absolute atomic E-state index is 11.2. The van der Waals surface area contributed by atoms with Gasteiger partial charge in [0.05, 0.1) is 24.9 Å². The molecule has 0 atom stereocenters. The van der Waals surface area contributed by atoms with Crippen LogP contribution in [0.25, 0.3) is 10.9 Å². The zero-order chi connectivity index (χ0) is 18.0. The van der Waals surface area contributed by atoms with Gasteiger partial charge in [-0.3, -0.25) is 4.57 Å². The van der Waals surface area contributed by atoms with Crippen molar-refractivity contribution in [2.75, 3.05) is 19.5 Å². The summed E-state index contributed by atoms with van der Waals surface area (Å²) in [5, 5.41) is 3.76. The topological polar surface area (TPSA) is 114 Å². The summed E-state index contributed by atoms with van der Waals surface area (Å²) in [4.78, 5) is 26.8. The largest absolute Gasteiger partial charge is 0.497 e. The molecule has 0 aliphatic carbocycles. The van der Waals surface area contributed by atoms with Gasteiger partial charge < -0.3 is 24.6 Å². The molecule has 0 fully saturated rings. The lowest BCUT2D eigenvalue weighted by Gasteiger charge is -2.12. The van der Waals surface area contributed by atoms with E-state index in [0.717, 1.165) is 0 Å². The maximum atomic E-state index is 11.2. The molecular formula is C16H16N3O5P. The van der Waals surface area contributed by atoms with Crippen molar-refractivity contribution in [2.24, 2.45) is 0 Å². The Balaban J connectivity index is 2.03. The summed E-state index contributed by atoms with van der Waals surface area (Å²) in [6.45, 7) is 0. The van der Waals surface area contributed by atoms with Crippen LogP contribution in [0.2, 0.25) is 0 Å². The molecule has 3 N–H and O–H groups in total. The minimum Gasteiger partial charge on any atom is -0.497 e. The smallest absolute Gasteiger partial charge is 0.356 e. The van der Waals surface area contributed by atoms with Crippen molar-refractivity contribution in [3.8, 4) is 11.5 Å². The number of rotatable bonds is 5. The minimum absolute atomic E-state index is 0.0473. The highest BCUT2D eigenvalue weighted by atomic mass is 31.2. The summed E-state index contributed by atoms with van der Waals surface area (Å²) >= 11 is 0. The van der Waals surface area contributed by atoms with E-state index in [0.29, 0.717) is 33.9 Å². The molecule has 0 saturated heterocycles. The van der Waals surface area contributed by atoms with Gasteiger partial charge in [-0.1, -0.05) is 0 Å². The standard InChI is InChI=1S/C16H16N3O5P/c1-23-11-7-13-15(14(8-11)24-2)17-9-18-16(13)19-10-3-5-12(6-4-10)25(20,21)22/h3-9H,1-2H3,(H,17,18,19)(H2,20,21,22). The number of methoxy groups -OCH3 is 2. The van der Waals surface area contributed by atoms with Crippen molar-refractivity contribution in [1.29, 1.82) is 0 Å². The number of benzene rings is 2. The Hall–Kier alpha value is -2.67. The third-order valence-corrected chi connectivity index (χ3v) is 4.57. The lowest BCUT2D eigenvalue weighted by molar-refractivity contribution is 0.387.